The van der Waals surface area contributed by atoms with E-state index in [2.05, 4.69) is 5.32 Å². The van der Waals surface area contributed by atoms with Crippen LogP contribution in [0.4, 0.5) is 0 Å². The molecule has 3 fully saturated rings. The molecule has 1 aliphatic carbocycles. The number of carbonyl (C=O) groups is 1. The lowest BCUT2D eigenvalue weighted by Gasteiger charge is -2.44. The first-order valence-corrected chi connectivity index (χ1v) is 11.9. The summed E-state index contributed by atoms with van der Waals surface area (Å²) in [7, 11) is -5.33. The molecule has 166 valence electrons. The fourth-order valence-electron chi connectivity index (χ4n) is 4.81. The fraction of sp³-hybridized carbons (Fsp3) is 0.941. The predicted octanol–water partition coefficient (Wildman–Crippen LogP) is -1.20. The van der Waals surface area contributed by atoms with Crippen LogP contribution in [-0.2, 0) is 15.0 Å². The molecule has 29 heavy (non-hydrogen) atoms. The van der Waals surface area contributed by atoms with Gasteiger partial charge >= 0.3 is 13.1 Å². The van der Waals surface area contributed by atoms with E-state index in [1.165, 1.54) is 4.31 Å². The molecule has 0 aromatic heterocycles. The van der Waals surface area contributed by atoms with E-state index >= 15 is 0 Å². The number of nitrogens with two attached hydrogens (primary N) is 1. The summed E-state index contributed by atoms with van der Waals surface area (Å²) in [4.78, 5) is 11.9. The summed E-state index contributed by atoms with van der Waals surface area (Å²) < 4.78 is 30.1. The van der Waals surface area contributed by atoms with Crippen LogP contribution in [0.2, 0.25) is 6.32 Å². The average molecular weight is 432 g/mol. The SMILES string of the molecule is N[C@@]1(C(=O)O)CN(S(=O)(=O)N(C2CCCCC2)C2CNC2)C[C@@H]1CCCB(O)O. The molecule has 3 rings (SSSR count). The summed E-state index contributed by atoms with van der Waals surface area (Å²) in [6.45, 7) is 0.985. The summed E-state index contributed by atoms with van der Waals surface area (Å²) in [6.07, 6.45) is 5.55. The largest absolute Gasteiger partial charge is 0.480 e. The zero-order valence-electron chi connectivity index (χ0n) is 16.7. The van der Waals surface area contributed by atoms with Gasteiger partial charge in [0.2, 0.25) is 0 Å². The highest BCUT2D eigenvalue weighted by Crippen LogP contribution is 2.36. The van der Waals surface area contributed by atoms with Gasteiger partial charge in [-0.1, -0.05) is 25.7 Å². The van der Waals surface area contributed by atoms with Gasteiger partial charge in [0.15, 0.2) is 0 Å². The van der Waals surface area contributed by atoms with Crippen LogP contribution in [0.15, 0.2) is 0 Å². The quantitative estimate of drug-likeness (QED) is 0.285. The molecule has 2 heterocycles. The van der Waals surface area contributed by atoms with E-state index < -0.39 is 34.8 Å². The number of nitrogens with one attached hydrogen (secondary N) is 1. The topological polar surface area (TPSA) is 156 Å². The monoisotopic (exact) mass is 432 g/mol. The molecule has 0 aromatic rings. The second kappa shape index (κ2) is 9.17. The first-order valence-electron chi connectivity index (χ1n) is 10.5. The molecule has 0 bridgehead atoms. The van der Waals surface area contributed by atoms with Crippen LogP contribution in [0.25, 0.3) is 0 Å². The summed E-state index contributed by atoms with van der Waals surface area (Å²) in [5.41, 5.74) is 4.51. The van der Waals surface area contributed by atoms with Crippen LogP contribution < -0.4 is 11.1 Å². The molecule has 2 saturated heterocycles. The third-order valence-corrected chi connectivity index (χ3v) is 8.71. The zero-order valence-corrected chi connectivity index (χ0v) is 17.6. The molecule has 0 unspecified atom stereocenters. The Bertz CT molecular complexity index is 685. The van der Waals surface area contributed by atoms with E-state index in [9.17, 15) is 18.3 Å². The normalized spacial score (nSPS) is 29.9. The van der Waals surface area contributed by atoms with Crippen molar-refractivity contribution in [3.05, 3.63) is 0 Å². The van der Waals surface area contributed by atoms with Gasteiger partial charge in [-0.3, -0.25) is 4.79 Å². The summed E-state index contributed by atoms with van der Waals surface area (Å²) in [6, 6.07) is -0.162. The summed E-state index contributed by atoms with van der Waals surface area (Å²) in [5.74, 6) is -1.81. The number of rotatable bonds is 9. The van der Waals surface area contributed by atoms with Gasteiger partial charge in [0, 0.05) is 38.1 Å². The summed E-state index contributed by atoms with van der Waals surface area (Å²) in [5, 5.41) is 30.9. The van der Waals surface area contributed by atoms with Crippen molar-refractivity contribution in [3.8, 4) is 0 Å². The lowest BCUT2D eigenvalue weighted by Crippen LogP contribution is -2.64. The molecular formula is C17H33BN4O6S. The highest BCUT2D eigenvalue weighted by Gasteiger charge is 2.54. The molecule has 10 nitrogen and oxygen atoms in total. The maximum Gasteiger partial charge on any atom is 0.451 e. The van der Waals surface area contributed by atoms with Crippen molar-refractivity contribution in [1.82, 2.24) is 13.9 Å². The molecule has 0 radical (unpaired) electrons. The first kappa shape index (κ1) is 22.9. The Morgan fingerprint density at radius 1 is 1.21 bits per heavy atom. The zero-order chi connectivity index (χ0) is 21.2. The Kier molecular flexibility index (Phi) is 7.25. The van der Waals surface area contributed by atoms with E-state index in [1.54, 1.807) is 4.31 Å². The van der Waals surface area contributed by atoms with E-state index in [-0.39, 0.29) is 31.5 Å². The maximum atomic E-state index is 13.6. The van der Waals surface area contributed by atoms with Gasteiger partial charge in [-0.25, -0.2) is 0 Å². The van der Waals surface area contributed by atoms with Crippen LogP contribution in [-0.4, -0.2) is 89.1 Å². The number of nitrogens with zero attached hydrogens (tertiary/aromatic N) is 2. The molecule has 12 heteroatoms. The van der Waals surface area contributed by atoms with Crippen molar-refractivity contribution >= 4 is 23.3 Å². The van der Waals surface area contributed by atoms with Gasteiger partial charge in [-0.2, -0.15) is 17.0 Å². The Balaban J connectivity index is 1.79. The lowest BCUT2D eigenvalue weighted by atomic mass is 9.78. The van der Waals surface area contributed by atoms with Gasteiger partial charge < -0.3 is 26.2 Å². The number of carboxylic acids is 1. The summed E-state index contributed by atoms with van der Waals surface area (Å²) >= 11 is 0. The van der Waals surface area contributed by atoms with Crippen LogP contribution in [0.3, 0.4) is 0 Å². The molecule has 2 atom stereocenters. The molecule has 0 spiro atoms. The van der Waals surface area contributed by atoms with Crippen molar-refractivity contribution in [1.29, 1.82) is 0 Å². The first-order chi connectivity index (χ1) is 13.7. The number of carboxylic acid groups (broad SMARTS) is 1. The molecular weight excluding hydrogens is 399 g/mol. The molecule has 0 amide bonds. The highest BCUT2D eigenvalue weighted by atomic mass is 32.2. The standard InChI is InChI=1S/C17H33BN4O6S/c19-17(16(23)24)12-21(11-13(17)5-4-8-18(25)26)29(27,28)22(15-9-20-10-15)14-6-2-1-3-7-14/h13-15,20,25-26H,1-12,19H2,(H,23,24)/t13-,17-/m0/s1. The number of hydrogen-bond acceptors (Lipinski definition) is 7. The number of aliphatic carboxylic acids is 1. The lowest BCUT2D eigenvalue weighted by molar-refractivity contribution is -0.144. The third-order valence-electron chi connectivity index (χ3n) is 6.65. The second-order valence-electron chi connectivity index (χ2n) is 8.69. The Hall–Kier alpha value is -0.755. The van der Waals surface area contributed by atoms with E-state index in [0.717, 1.165) is 32.1 Å². The highest BCUT2D eigenvalue weighted by molar-refractivity contribution is 7.86. The van der Waals surface area contributed by atoms with E-state index in [0.29, 0.717) is 25.9 Å². The maximum absolute atomic E-state index is 13.6. The van der Waals surface area contributed by atoms with Gasteiger partial charge in [0.1, 0.15) is 5.54 Å². The van der Waals surface area contributed by atoms with Crippen molar-refractivity contribution in [2.75, 3.05) is 26.2 Å². The minimum atomic E-state index is -3.85. The minimum absolute atomic E-state index is 0.0377. The van der Waals surface area contributed by atoms with Crippen LogP contribution in [0.5, 0.6) is 0 Å². The van der Waals surface area contributed by atoms with E-state index in [4.69, 9.17) is 15.8 Å². The van der Waals surface area contributed by atoms with Gasteiger partial charge in [0.05, 0.1) is 6.04 Å². The van der Waals surface area contributed by atoms with Crippen LogP contribution in [0.1, 0.15) is 44.9 Å². The van der Waals surface area contributed by atoms with Crippen molar-refractivity contribution < 1.29 is 28.4 Å². The van der Waals surface area contributed by atoms with Gasteiger partial charge in [-0.15, -0.1) is 0 Å². The number of hydrogen-bond donors (Lipinski definition) is 5. The average Bonchev–Trinajstić information content (AvgIpc) is 2.97. The molecule has 0 aromatic carbocycles. The molecule has 2 aliphatic heterocycles. The molecule has 1 saturated carbocycles. The minimum Gasteiger partial charge on any atom is -0.480 e. The van der Waals surface area contributed by atoms with Crippen molar-refractivity contribution in [3.63, 3.8) is 0 Å². The molecule has 6 N–H and O–H groups in total. The Labute approximate surface area is 172 Å². The smallest absolute Gasteiger partial charge is 0.451 e. The van der Waals surface area contributed by atoms with Crippen molar-refractivity contribution in [2.45, 2.75) is 68.9 Å². The van der Waals surface area contributed by atoms with Gasteiger partial charge in [0.25, 0.3) is 10.2 Å². The molecule has 3 aliphatic rings. The third kappa shape index (κ3) is 4.78. The Morgan fingerprint density at radius 3 is 2.38 bits per heavy atom. The van der Waals surface area contributed by atoms with Crippen molar-refractivity contribution in [2.24, 2.45) is 11.7 Å². The van der Waals surface area contributed by atoms with Gasteiger partial charge in [-0.05, 0) is 25.6 Å². The Morgan fingerprint density at radius 2 is 1.86 bits per heavy atom. The predicted molar refractivity (Wildman–Crippen MR) is 108 cm³/mol. The second-order valence-corrected chi connectivity index (χ2v) is 10.5. The van der Waals surface area contributed by atoms with Crippen LogP contribution in [0, 0.1) is 5.92 Å². The van der Waals surface area contributed by atoms with E-state index in [1.807, 2.05) is 0 Å². The fourth-order valence-corrected chi connectivity index (χ4v) is 6.93. The van der Waals surface area contributed by atoms with Crippen LogP contribution >= 0.6 is 0 Å².